The number of benzene rings is 1. The van der Waals surface area contributed by atoms with E-state index >= 15 is 0 Å². The number of piperazine rings is 1. The predicted octanol–water partition coefficient (Wildman–Crippen LogP) is 3.49. The number of carbonyl (C=O) groups excluding carboxylic acids is 1. The van der Waals surface area contributed by atoms with E-state index in [1.165, 1.54) is 36.8 Å². The number of carbonyl (C=O) groups is 1. The zero-order valence-electron chi connectivity index (χ0n) is 14.8. The summed E-state index contributed by atoms with van der Waals surface area (Å²) in [5.41, 5.74) is 4.26. The number of fused-ring (bicyclic) bond motifs is 1. The van der Waals surface area contributed by atoms with Crippen molar-refractivity contribution in [1.82, 2.24) is 14.8 Å². The Hall–Kier alpha value is -1.81. The smallest absolute Gasteiger partial charge is 0.270 e. The van der Waals surface area contributed by atoms with E-state index < -0.39 is 0 Å². The fourth-order valence-electron chi connectivity index (χ4n) is 4.44. The van der Waals surface area contributed by atoms with E-state index in [4.69, 9.17) is 0 Å². The number of rotatable bonds is 2. The zero-order chi connectivity index (χ0) is 16.7. The number of nitrogens with zero attached hydrogens (tertiary/aromatic N) is 2. The van der Waals surface area contributed by atoms with Gasteiger partial charge in [-0.3, -0.25) is 9.69 Å². The van der Waals surface area contributed by atoms with Crippen LogP contribution in [0.3, 0.4) is 0 Å². The topological polar surface area (TPSA) is 39.3 Å². The van der Waals surface area contributed by atoms with Crippen LogP contribution in [0.4, 0.5) is 0 Å². The quantitative estimate of drug-likeness (QED) is 0.918. The molecule has 0 atom stereocenters. The lowest BCUT2D eigenvalue weighted by Gasteiger charge is -2.37. The molecule has 0 radical (unpaired) electrons. The Morgan fingerprint density at radius 2 is 1.75 bits per heavy atom. The van der Waals surface area contributed by atoms with E-state index in [9.17, 15) is 4.79 Å². The monoisotopic (exact) mass is 325 g/mol. The second-order valence-corrected chi connectivity index (χ2v) is 7.49. The molecule has 1 aliphatic heterocycles. The number of aromatic nitrogens is 1. The highest BCUT2D eigenvalue weighted by atomic mass is 16.2. The third-order valence-electron chi connectivity index (χ3n) is 5.76. The van der Waals surface area contributed by atoms with E-state index in [0.717, 1.165) is 48.8 Å². The van der Waals surface area contributed by atoms with Gasteiger partial charge in [-0.2, -0.15) is 0 Å². The molecular formula is C20H27N3O. The molecule has 2 fully saturated rings. The zero-order valence-corrected chi connectivity index (χ0v) is 14.8. The number of hydrogen-bond acceptors (Lipinski definition) is 2. The van der Waals surface area contributed by atoms with Crippen LogP contribution in [-0.4, -0.2) is 52.9 Å². The van der Waals surface area contributed by atoms with Crippen molar-refractivity contribution in [1.29, 1.82) is 0 Å². The molecule has 128 valence electrons. The second kappa shape index (κ2) is 6.25. The average Bonchev–Trinajstić information content (AvgIpc) is 3.24. The number of aryl methyl sites for hydroxylation is 2. The van der Waals surface area contributed by atoms with E-state index in [1.807, 2.05) is 11.0 Å². The summed E-state index contributed by atoms with van der Waals surface area (Å²) in [5, 5.41) is 1.16. The van der Waals surface area contributed by atoms with Gasteiger partial charge < -0.3 is 9.88 Å². The molecule has 0 bridgehead atoms. The van der Waals surface area contributed by atoms with Gasteiger partial charge in [0.15, 0.2) is 0 Å². The molecule has 1 saturated heterocycles. The third kappa shape index (κ3) is 2.84. The van der Waals surface area contributed by atoms with Gasteiger partial charge in [0, 0.05) is 43.1 Å². The number of nitrogens with one attached hydrogen (secondary N) is 1. The fourth-order valence-corrected chi connectivity index (χ4v) is 4.44. The molecule has 2 aromatic rings. The molecule has 4 nitrogen and oxygen atoms in total. The van der Waals surface area contributed by atoms with Gasteiger partial charge in [0.25, 0.3) is 5.91 Å². The van der Waals surface area contributed by atoms with Crippen LogP contribution in [0.25, 0.3) is 10.9 Å². The van der Waals surface area contributed by atoms with Gasteiger partial charge in [0.05, 0.1) is 0 Å². The van der Waals surface area contributed by atoms with Crippen LogP contribution >= 0.6 is 0 Å². The first-order chi connectivity index (χ1) is 11.6. The maximum absolute atomic E-state index is 12.9. The van der Waals surface area contributed by atoms with Crippen LogP contribution in [0.2, 0.25) is 0 Å². The first-order valence-electron chi connectivity index (χ1n) is 9.25. The van der Waals surface area contributed by atoms with Crippen molar-refractivity contribution in [3.05, 3.63) is 35.0 Å². The minimum absolute atomic E-state index is 0.148. The fraction of sp³-hybridized carbons (Fsp3) is 0.550. The first kappa shape index (κ1) is 15.7. The minimum atomic E-state index is 0.148. The SMILES string of the molecule is Cc1cc(C)c2cc(C(=O)N3CCN(C4CCCC4)CC3)[nH]c2c1. The number of amides is 1. The Bertz CT molecular complexity index is 750. The van der Waals surface area contributed by atoms with Crippen molar-refractivity contribution < 1.29 is 4.79 Å². The second-order valence-electron chi connectivity index (χ2n) is 7.49. The maximum atomic E-state index is 12.9. The molecule has 1 N–H and O–H groups in total. The van der Waals surface area contributed by atoms with Gasteiger partial charge in [-0.25, -0.2) is 0 Å². The van der Waals surface area contributed by atoms with Gasteiger partial charge in [-0.1, -0.05) is 18.9 Å². The molecule has 4 rings (SSSR count). The molecule has 1 aromatic heterocycles. The van der Waals surface area contributed by atoms with Crippen molar-refractivity contribution in [3.8, 4) is 0 Å². The van der Waals surface area contributed by atoms with Crippen molar-refractivity contribution in [3.63, 3.8) is 0 Å². The van der Waals surface area contributed by atoms with Crippen molar-refractivity contribution in [2.75, 3.05) is 26.2 Å². The largest absolute Gasteiger partial charge is 0.351 e. The van der Waals surface area contributed by atoms with Crippen molar-refractivity contribution >= 4 is 16.8 Å². The summed E-state index contributed by atoms with van der Waals surface area (Å²) in [4.78, 5) is 20.8. The van der Waals surface area contributed by atoms with Crippen LogP contribution in [-0.2, 0) is 0 Å². The highest BCUT2D eigenvalue weighted by Crippen LogP contribution is 2.25. The summed E-state index contributed by atoms with van der Waals surface area (Å²) in [5.74, 6) is 0.148. The van der Waals surface area contributed by atoms with Gasteiger partial charge in [-0.05, 0) is 49.9 Å². The lowest BCUT2D eigenvalue weighted by molar-refractivity contribution is 0.0569. The third-order valence-corrected chi connectivity index (χ3v) is 5.76. The normalized spacial score (nSPS) is 20.2. The summed E-state index contributed by atoms with van der Waals surface area (Å²) in [7, 11) is 0. The van der Waals surface area contributed by atoms with Gasteiger partial charge >= 0.3 is 0 Å². The van der Waals surface area contributed by atoms with Gasteiger partial charge in [0.2, 0.25) is 0 Å². The molecule has 1 saturated carbocycles. The van der Waals surface area contributed by atoms with E-state index in [0.29, 0.717) is 0 Å². The molecular weight excluding hydrogens is 298 g/mol. The molecule has 1 aromatic carbocycles. The summed E-state index contributed by atoms with van der Waals surface area (Å²) in [6, 6.07) is 7.08. The molecule has 0 spiro atoms. The van der Waals surface area contributed by atoms with Crippen LogP contribution < -0.4 is 0 Å². The number of H-pyrrole nitrogens is 1. The minimum Gasteiger partial charge on any atom is -0.351 e. The average molecular weight is 325 g/mol. The molecule has 2 heterocycles. The van der Waals surface area contributed by atoms with Gasteiger partial charge in [-0.15, -0.1) is 0 Å². The summed E-state index contributed by atoms with van der Waals surface area (Å²) in [6.07, 6.45) is 5.43. The Morgan fingerprint density at radius 3 is 2.46 bits per heavy atom. The van der Waals surface area contributed by atoms with Crippen molar-refractivity contribution in [2.45, 2.75) is 45.6 Å². The summed E-state index contributed by atoms with van der Waals surface area (Å²) in [6.45, 7) is 7.95. The van der Waals surface area contributed by atoms with E-state index in [2.05, 4.69) is 35.9 Å². The maximum Gasteiger partial charge on any atom is 0.270 e. The highest BCUT2D eigenvalue weighted by Gasteiger charge is 2.28. The Balaban J connectivity index is 1.47. The predicted molar refractivity (Wildman–Crippen MR) is 97.5 cm³/mol. The molecule has 1 amide bonds. The number of aromatic amines is 1. The Morgan fingerprint density at radius 1 is 1.04 bits per heavy atom. The first-order valence-corrected chi connectivity index (χ1v) is 9.25. The lowest BCUT2D eigenvalue weighted by atomic mass is 10.1. The molecule has 4 heteroatoms. The number of hydrogen-bond donors (Lipinski definition) is 1. The molecule has 0 unspecified atom stereocenters. The van der Waals surface area contributed by atoms with Crippen LogP contribution in [0.15, 0.2) is 18.2 Å². The van der Waals surface area contributed by atoms with Gasteiger partial charge in [0.1, 0.15) is 5.69 Å². The molecule has 2 aliphatic rings. The Labute approximate surface area is 143 Å². The lowest BCUT2D eigenvalue weighted by Crippen LogP contribution is -2.51. The van der Waals surface area contributed by atoms with E-state index in [-0.39, 0.29) is 5.91 Å². The Kier molecular flexibility index (Phi) is 4.09. The van der Waals surface area contributed by atoms with E-state index in [1.54, 1.807) is 0 Å². The summed E-state index contributed by atoms with van der Waals surface area (Å²) >= 11 is 0. The van der Waals surface area contributed by atoms with Crippen molar-refractivity contribution in [2.24, 2.45) is 0 Å². The van der Waals surface area contributed by atoms with Crippen LogP contribution in [0.5, 0.6) is 0 Å². The summed E-state index contributed by atoms with van der Waals surface area (Å²) < 4.78 is 0. The standard InChI is InChI=1S/C20H27N3O/c1-14-11-15(2)17-13-19(21-18(17)12-14)20(24)23-9-7-22(8-10-23)16-5-3-4-6-16/h11-13,16,21H,3-10H2,1-2H3. The van der Waals surface area contributed by atoms with Crippen LogP contribution in [0.1, 0.15) is 47.3 Å². The van der Waals surface area contributed by atoms with Crippen LogP contribution in [0, 0.1) is 13.8 Å². The molecule has 1 aliphatic carbocycles. The highest BCUT2D eigenvalue weighted by molar-refractivity contribution is 5.99. The molecule has 24 heavy (non-hydrogen) atoms.